The molecular weight excluding hydrogens is 850 g/mol. The topological polar surface area (TPSA) is 152 Å². The molecule has 2 amide bonds. The monoisotopic (exact) mass is 911 g/mol. The lowest BCUT2D eigenvalue weighted by Crippen LogP contribution is -2.53. The van der Waals surface area contributed by atoms with Crippen LogP contribution in [0.15, 0.2) is 97.3 Å². The zero-order chi connectivity index (χ0) is 46.4. The molecule has 1 unspecified atom stereocenters. The van der Waals surface area contributed by atoms with Crippen molar-refractivity contribution in [2.75, 3.05) is 23.8 Å². The van der Waals surface area contributed by atoms with Crippen molar-refractivity contribution in [3.63, 3.8) is 0 Å². The van der Waals surface area contributed by atoms with Crippen molar-refractivity contribution in [2.45, 2.75) is 121 Å². The summed E-state index contributed by atoms with van der Waals surface area (Å²) < 4.78 is 13.0. The predicted octanol–water partition coefficient (Wildman–Crippen LogP) is 11.3. The zero-order valence-corrected chi connectivity index (χ0v) is 39.3. The molecule has 11 nitrogen and oxygen atoms in total. The number of fused-ring (bicyclic) bond motifs is 3. The molecule has 3 aromatic carbocycles. The van der Waals surface area contributed by atoms with E-state index < -0.39 is 11.5 Å². The number of carbonyl (C=O) groups is 3. The number of ether oxygens (including phenoxy) is 2. The van der Waals surface area contributed by atoms with Gasteiger partial charge >= 0.3 is 5.97 Å². The number of rotatable bonds is 17. The molecule has 3 aliphatic carbocycles. The fourth-order valence-electron chi connectivity index (χ4n) is 10.8. The van der Waals surface area contributed by atoms with Gasteiger partial charge in [-0.25, -0.2) is 9.78 Å². The third-order valence-corrected chi connectivity index (χ3v) is 14.5. The van der Waals surface area contributed by atoms with Gasteiger partial charge in [0, 0.05) is 53.3 Å². The van der Waals surface area contributed by atoms with E-state index in [2.05, 4.69) is 51.9 Å². The smallest absolute Gasteiger partial charge is 0.329 e. The lowest BCUT2D eigenvalue weighted by atomic mass is 9.59. The first-order valence-corrected chi connectivity index (χ1v) is 24.0. The van der Waals surface area contributed by atoms with Gasteiger partial charge in [-0.1, -0.05) is 55.8 Å². The first kappa shape index (κ1) is 46.6. The van der Waals surface area contributed by atoms with E-state index in [0.717, 1.165) is 66.0 Å². The summed E-state index contributed by atoms with van der Waals surface area (Å²) in [6, 6.07) is 27.2. The minimum atomic E-state index is -1.12. The lowest BCUT2D eigenvalue weighted by molar-refractivity contribution is -0.144. The molecule has 2 heterocycles. The van der Waals surface area contributed by atoms with Crippen LogP contribution in [0.2, 0.25) is 5.02 Å². The zero-order valence-electron chi connectivity index (χ0n) is 38.5. The lowest BCUT2D eigenvalue weighted by Gasteiger charge is -2.47. The van der Waals surface area contributed by atoms with Crippen LogP contribution in [0.5, 0.6) is 11.5 Å². The van der Waals surface area contributed by atoms with E-state index in [1.165, 1.54) is 23.6 Å². The number of pyridine rings is 2. The third kappa shape index (κ3) is 10.5. The maximum Gasteiger partial charge on any atom is 0.329 e. The van der Waals surface area contributed by atoms with E-state index in [1.807, 2.05) is 67.7 Å². The fourth-order valence-corrected chi connectivity index (χ4v) is 11.0. The van der Waals surface area contributed by atoms with Crippen molar-refractivity contribution in [3.05, 3.63) is 130 Å². The van der Waals surface area contributed by atoms with Gasteiger partial charge in [-0.15, -0.1) is 0 Å². The first-order chi connectivity index (χ1) is 31.8. The van der Waals surface area contributed by atoms with Gasteiger partial charge in [-0.05, 0) is 171 Å². The molecule has 4 N–H and O–H groups in total. The number of nitrogens with one attached hydrogen (secondary N) is 3. The molecule has 66 heavy (non-hydrogen) atoms. The summed E-state index contributed by atoms with van der Waals surface area (Å²) in [4.78, 5) is 46.7. The Morgan fingerprint density at radius 1 is 0.924 bits per heavy atom. The van der Waals surface area contributed by atoms with Crippen LogP contribution in [0.1, 0.15) is 125 Å². The van der Waals surface area contributed by atoms with Crippen molar-refractivity contribution >= 4 is 40.9 Å². The van der Waals surface area contributed by atoms with Crippen LogP contribution in [-0.2, 0) is 32.6 Å². The molecule has 0 radical (unpaired) electrons. The van der Waals surface area contributed by atoms with Crippen molar-refractivity contribution in [3.8, 4) is 22.6 Å². The summed E-state index contributed by atoms with van der Waals surface area (Å²) in [5, 5.41) is 20.5. The Morgan fingerprint density at radius 3 is 2.50 bits per heavy atom. The molecule has 346 valence electrons. The highest BCUT2D eigenvalue weighted by atomic mass is 35.5. The highest BCUT2D eigenvalue weighted by molar-refractivity contribution is 6.30. The SMILES string of the molecule is CC(=O)Nc1ccc(-c2cccc([C@H](C)NC(=O)CCCOc3ccc4c(c3)C3(CCC(Nc5cccc(Cl)c5)(C(=O)O)CC3)C(C[C@@H](C)COc3ccnc5c3[C@H](C)CCC5)C4)c2)cn1. The number of nitrogens with zero attached hydrogens (tertiary/aromatic N) is 2. The molecule has 12 heteroatoms. The van der Waals surface area contributed by atoms with E-state index in [4.69, 9.17) is 21.1 Å². The van der Waals surface area contributed by atoms with Crippen molar-refractivity contribution < 1.29 is 29.0 Å². The number of hydrogen-bond donors (Lipinski definition) is 4. The van der Waals surface area contributed by atoms with Gasteiger partial charge in [0.1, 0.15) is 22.9 Å². The summed E-state index contributed by atoms with van der Waals surface area (Å²) in [6.45, 7) is 8.95. The Labute approximate surface area is 393 Å². The van der Waals surface area contributed by atoms with Crippen LogP contribution in [-0.4, -0.2) is 51.6 Å². The summed E-state index contributed by atoms with van der Waals surface area (Å²) in [7, 11) is 0. The maximum atomic E-state index is 13.2. The van der Waals surface area contributed by atoms with Crippen LogP contribution in [0.3, 0.4) is 0 Å². The minimum absolute atomic E-state index is 0.0551. The summed E-state index contributed by atoms with van der Waals surface area (Å²) >= 11 is 6.33. The van der Waals surface area contributed by atoms with Crippen LogP contribution in [0.4, 0.5) is 11.5 Å². The molecule has 2 aromatic heterocycles. The fraction of sp³-hybridized carbons (Fsp3) is 0.426. The molecule has 1 saturated carbocycles. The molecule has 4 atom stereocenters. The average Bonchev–Trinajstić information content (AvgIpc) is 3.58. The minimum Gasteiger partial charge on any atom is -0.494 e. The maximum absolute atomic E-state index is 13.2. The second-order valence-corrected chi connectivity index (χ2v) is 19.4. The van der Waals surface area contributed by atoms with E-state index in [0.29, 0.717) is 80.1 Å². The van der Waals surface area contributed by atoms with Crippen molar-refractivity contribution in [1.29, 1.82) is 0 Å². The Hall–Kier alpha value is -5.94. The number of aliphatic carboxylic acids is 1. The molecular formula is C54H62ClN5O6. The number of aryl methyl sites for hydroxylation is 1. The number of carboxylic acid groups (broad SMARTS) is 1. The molecule has 1 fully saturated rings. The Kier molecular flexibility index (Phi) is 14.3. The van der Waals surface area contributed by atoms with E-state index in [9.17, 15) is 19.5 Å². The van der Waals surface area contributed by atoms with Gasteiger partial charge < -0.3 is 30.5 Å². The number of aromatic nitrogens is 2. The van der Waals surface area contributed by atoms with Gasteiger partial charge in [0.15, 0.2) is 0 Å². The molecule has 3 aliphatic rings. The van der Waals surface area contributed by atoms with E-state index >= 15 is 0 Å². The number of amides is 2. The predicted molar refractivity (Wildman–Crippen MR) is 259 cm³/mol. The largest absolute Gasteiger partial charge is 0.494 e. The highest BCUT2D eigenvalue weighted by Crippen LogP contribution is 2.57. The normalized spacial score (nSPS) is 21.8. The Morgan fingerprint density at radius 2 is 1.74 bits per heavy atom. The van der Waals surface area contributed by atoms with Crippen LogP contribution in [0, 0.1) is 11.8 Å². The molecule has 0 bridgehead atoms. The molecule has 1 spiro atoms. The quantitative estimate of drug-likeness (QED) is 0.0668. The molecule has 5 aromatic rings. The molecule has 0 aliphatic heterocycles. The van der Waals surface area contributed by atoms with Crippen molar-refractivity contribution in [2.24, 2.45) is 11.8 Å². The van der Waals surface area contributed by atoms with Crippen LogP contribution in [0.25, 0.3) is 11.1 Å². The number of carboxylic acids is 1. The second kappa shape index (κ2) is 20.3. The van der Waals surface area contributed by atoms with Crippen molar-refractivity contribution in [1.82, 2.24) is 15.3 Å². The Bertz CT molecular complexity index is 2540. The first-order valence-electron chi connectivity index (χ1n) is 23.6. The van der Waals surface area contributed by atoms with E-state index in [-0.39, 0.29) is 29.2 Å². The third-order valence-electron chi connectivity index (χ3n) is 14.2. The van der Waals surface area contributed by atoms with Gasteiger partial charge in [0.2, 0.25) is 11.8 Å². The molecule has 8 rings (SSSR count). The number of hydrogen-bond acceptors (Lipinski definition) is 8. The number of anilines is 2. The van der Waals surface area contributed by atoms with E-state index in [1.54, 1.807) is 24.4 Å². The summed E-state index contributed by atoms with van der Waals surface area (Å²) in [5.41, 5.74) is 7.17. The highest BCUT2D eigenvalue weighted by Gasteiger charge is 2.54. The number of halogens is 1. The van der Waals surface area contributed by atoms with Gasteiger partial charge in [0.25, 0.3) is 0 Å². The Balaban J connectivity index is 0.919. The average molecular weight is 913 g/mol. The van der Waals surface area contributed by atoms with Gasteiger partial charge in [-0.3, -0.25) is 14.6 Å². The second-order valence-electron chi connectivity index (χ2n) is 19.0. The standard InChI is InChI=1S/C54H62ClN5O6/c1-34(33-66-48-20-25-56-47-14-5-9-35(2)51(47)48)27-42-29-40-16-18-45(31-46(40)53(42)21-23-54(24-22-53,52(63)64)60-44-13-7-12-43(55)30-44)65-26-8-15-50(62)58-36(3)38-10-6-11-39(28-38)41-17-19-49(57-32-41)59-37(4)61/h6-7,10-13,16-20,25,28,30-32,34-36,42,60H,5,8-9,14-15,21-24,26-27,29,33H2,1-4H3,(H,58,62)(H,63,64)(H,57,59,61)/t34-,35-,36+,42?,53?,54?/m1/s1. The summed E-state index contributed by atoms with van der Waals surface area (Å²) in [5.74, 6) is 2.12. The molecule has 0 saturated heterocycles. The van der Waals surface area contributed by atoms with Crippen LogP contribution >= 0.6 is 11.6 Å². The van der Waals surface area contributed by atoms with Gasteiger partial charge in [-0.2, -0.15) is 0 Å². The van der Waals surface area contributed by atoms with Gasteiger partial charge in [0.05, 0.1) is 19.3 Å². The number of benzene rings is 3. The van der Waals surface area contributed by atoms with Crippen LogP contribution < -0.4 is 25.4 Å². The number of carbonyl (C=O) groups excluding carboxylic acids is 2. The summed E-state index contributed by atoms with van der Waals surface area (Å²) in [6.07, 6.45) is 11.9.